The van der Waals surface area contributed by atoms with Gasteiger partial charge in [-0.25, -0.2) is 0 Å². The smallest absolute Gasteiger partial charge is 0.323 e. The Balaban J connectivity index is 2.66. The summed E-state index contributed by atoms with van der Waals surface area (Å²) in [5.41, 5.74) is 0.493. The molecule has 104 valence electrons. The predicted octanol–water partition coefficient (Wildman–Crippen LogP) is 0.370. The number of phenolic OH excluding ortho intramolecular Hbond substituents is 1. The van der Waals surface area contributed by atoms with Gasteiger partial charge in [-0.2, -0.15) is 0 Å². The molecular weight excluding hydrogens is 266 g/mol. The third kappa shape index (κ3) is 2.77. The van der Waals surface area contributed by atoms with E-state index in [1.807, 2.05) is 0 Å². The summed E-state index contributed by atoms with van der Waals surface area (Å²) in [7, 11) is 0. The van der Waals surface area contributed by atoms with E-state index >= 15 is 0 Å². The summed E-state index contributed by atoms with van der Waals surface area (Å²) >= 11 is 0. The van der Waals surface area contributed by atoms with Crippen LogP contribution in [0.3, 0.4) is 0 Å². The molecule has 7 nitrogen and oxygen atoms in total. The molecule has 0 unspecified atom stereocenters. The van der Waals surface area contributed by atoms with E-state index in [0.29, 0.717) is 16.7 Å². The lowest BCUT2D eigenvalue weighted by Gasteiger charge is -2.15. The molecule has 0 amide bonds. The molecule has 0 fully saturated rings. The summed E-state index contributed by atoms with van der Waals surface area (Å²) in [4.78, 5) is 33.0. The SMILES string of the molecule is O=C(O)Cc1cn(CC(=O)O)cc2cc(O)c(=O)cc1-2. The molecule has 1 aliphatic carbocycles. The second-order valence-electron chi connectivity index (χ2n) is 4.33. The molecule has 1 heterocycles. The number of benzene rings is 1. The number of aromatic hydroxyl groups is 1. The van der Waals surface area contributed by atoms with Gasteiger partial charge < -0.3 is 19.9 Å². The number of fused-ring (bicyclic) bond motifs is 1. The van der Waals surface area contributed by atoms with Gasteiger partial charge >= 0.3 is 11.9 Å². The number of nitrogens with zero attached hydrogens (tertiary/aromatic N) is 1. The zero-order valence-electron chi connectivity index (χ0n) is 10.2. The molecule has 0 spiro atoms. The summed E-state index contributed by atoms with van der Waals surface area (Å²) in [6.07, 6.45) is 2.47. The van der Waals surface area contributed by atoms with Gasteiger partial charge in [0.05, 0.1) is 6.42 Å². The summed E-state index contributed by atoms with van der Waals surface area (Å²) in [5.74, 6) is -2.65. The van der Waals surface area contributed by atoms with Gasteiger partial charge in [0.2, 0.25) is 5.43 Å². The largest absolute Gasteiger partial charge is 0.504 e. The van der Waals surface area contributed by atoms with Crippen LogP contribution in [0.15, 0.2) is 29.3 Å². The molecule has 0 aromatic carbocycles. The average Bonchev–Trinajstić information content (AvgIpc) is 2.30. The summed E-state index contributed by atoms with van der Waals surface area (Å²) in [6, 6.07) is 2.34. The van der Waals surface area contributed by atoms with Crippen LogP contribution in [0.1, 0.15) is 5.56 Å². The quantitative estimate of drug-likeness (QED) is 0.743. The van der Waals surface area contributed by atoms with E-state index in [4.69, 9.17) is 10.2 Å². The number of aliphatic carboxylic acids is 2. The molecule has 2 aliphatic rings. The molecule has 0 aromatic rings. The summed E-state index contributed by atoms with van der Waals surface area (Å²) in [6.45, 7) is -0.345. The third-order valence-corrected chi connectivity index (χ3v) is 2.76. The van der Waals surface area contributed by atoms with Gasteiger partial charge in [0.1, 0.15) is 6.54 Å². The Morgan fingerprint density at radius 3 is 2.40 bits per heavy atom. The van der Waals surface area contributed by atoms with Gasteiger partial charge in [0.15, 0.2) is 5.75 Å². The van der Waals surface area contributed by atoms with E-state index in [2.05, 4.69) is 0 Å². The Morgan fingerprint density at radius 2 is 1.80 bits per heavy atom. The van der Waals surface area contributed by atoms with E-state index in [-0.39, 0.29) is 13.0 Å². The molecule has 0 aromatic heterocycles. The number of carboxylic acids is 2. The normalized spacial score (nSPS) is 10.6. The summed E-state index contributed by atoms with van der Waals surface area (Å²) in [5, 5.41) is 27.1. The first kappa shape index (κ1) is 13.6. The van der Waals surface area contributed by atoms with Gasteiger partial charge in [-0.05, 0) is 23.3 Å². The molecule has 20 heavy (non-hydrogen) atoms. The third-order valence-electron chi connectivity index (χ3n) is 2.76. The van der Waals surface area contributed by atoms with Crippen molar-refractivity contribution in [3.63, 3.8) is 0 Å². The molecule has 0 saturated heterocycles. The van der Waals surface area contributed by atoms with Crippen LogP contribution >= 0.6 is 0 Å². The van der Waals surface area contributed by atoms with Crippen molar-refractivity contribution < 1.29 is 24.9 Å². The Kier molecular flexibility index (Phi) is 3.43. The van der Waals surface area contributed by atoms with E-state index < -0.39 is 23.1 Å². The number of aromatic nitrogens is 1. The Hall–Kier alpha value is -2.83. The highest BCUT2D eigenvalue weighted by Crippen LogP contribution is 2.27. The van der Waals surface area contributed by atoms with Crippen LogP contribution in [0.5, 0.6) is 5.75 Å². The minimum Gasteiger partial charge on any atom is -0.504 e. The maximum absolute atomic E-state index is 11.4. The number of carbonyl (C=O) groups is 2. The Morgan fingerprint density at radius 1 is 1.10 bits per heavy atom. The van der Waals surface area contributed by atoms with Gasteiger partial charge in [-0.1, -0.05) is 0 Å². The van der Waals surface area contributed by atoms with Gasteiger partial charge in [0, 0.05) is 18.0 Å². The maximum atomic E-state index is 11.4. The fourth-order valence-electron chi connectivity index (χ4n) is 2.01. The van der Waals surface area contributed by atoms with Crippen LogP contribution in [-0.4, -0.2) is 31.8 Å². The van der Waals surface area contributed by atoms with E-state index in [9.17, 15) is 19.5 Å². The van der Waals surface area contributed by atoms with Crippen LogP contribution in [0.25, 0.3) is 11.1 Å². The average molecular weight is 277 g/mol. The van der Waals surface area contributed by atoms with Crippen molar-refractivity contribution in [1.82, 2.24) is 4.57 Å². The first-order valence-corrected chi connectivity index (χ1v) is 5.66. The topological polar surface area (TPSA) is 117 Å². The number of rotatable bonds is 4. The van der Waals surface area contributed by atoms with Crippen molar-refractivity contribution in [3.8, 4) is 16.9 Å². The fraction of sp³-hybridized carbons (Fsp3) is 0.154. The van der Waals surface area contributed by atoms with Crippen molar-refractivity contribution in [3.05, 3.63) is 40.3 Å². The van der Waals surface area contributed by atoms with Crippen LogP contribution < -0.4 is 5.43 Å². The lowest BCUT2D eigenvalue weighted by molar-refractivity contribution is -0.138. The van der Waals surface area contributed by atoms with Gasteiger partial charge in [0.25, 0.3) is 0 Å². The highest BCUT2D eigenvalue weighted by atomic mass is 16.4. The van der Waals surface area contributed by atoms with Crippen LogP contribution in [0.2, 0.25) is 0 Å². The first-order chi connectivity index (χ1) is 9.36. The van der Waals surface area contributed by atoms with Crippen molar-refractivity contribution >= 4 is 11.9 Å². The van der Waals surface area contributed by atoms with Gasteiger partial charge in [-0.15, -0.1) is 0 Å². The van der Waals surface area contributed by atoms with E-state index in [1.165, 1.54) is 23.0 Å². The van der Waals surface area contributed by atoms with Crippen molar-refractivity contribution in [2.45, 2.75) is 13.0 Å². The molecule has 0 bridgehead atoms. The van der Waals surface area contributed by atoms with E-state index in [0.717, 1.165) is 6.07 Å². The lowest BCUT2D eigenvalue weighted by atomic mass is 9.98. The number of pyridine rings is 1. The van der Waals surface area contributed by atoms with E-state index in [1.54, 1.807) is 0 Å². The Labute approximate surface area is 112 Å². The highest BCUT2D eigenvalue weighted by Gasteiger charge is 2.15. The standard InChI is InChI=1S/C13H11NO6/c15-10-1-7-4-14(6-13(19)20)5-8(2-12(17)18)9(7)3-11(10)16/h1,3-5,15H,2,6H2,(H,17,18)(H,19,20). The fourth-order valence-corrected chi connectivity index (χ4v) is 2.01. The minimum atomic E-state index is -1.10. The molecular formula is C13H11NO6. The molecule has 2 rings (SSSR count). The minimum absolute atomic E-state index is 0.313. The van der Waals surface area contributed by atoms with Crippen molar-refractivity contribution in [2.75, 3.05) is 0 Å². The number of hydrogen-bond acceptors (Lipinski definition) is 4. The van der Waals surface area contributed by atoms with Crippen LogP contribution in [0.4, 0.5) is 0 Å². The van der Waals surface area contributed by atoms with Crippen LogP contribution in [-0.2, 0) is 22.6 Å². The molecule has 7 heteroatoms. The molecule has 3 N–H and O–H groups in total. The van der Waals surface area contributed by atoms with Crippen molar-refractivity contribution in [1.29, 1.82) is 0 Å². The molecule has 0 atom stereocenters. The van der Waals surface area contributed by atoms with Crippen LogP contribution in [0, 0.1) is 0 Å². The zero-order chi connectivity index (χ0) is 14.9. The highest BCUT2D eigenvalue weighted by molar-refractivity contribution is 5.77. The summed E-state index contributed by atoms with van der Waals surface area (Å²) < 4.78 is 1.30. The maximum Gasteiger partial charge on any atom is 0.323 e. The van der Waals surface area contributed by atoms with Crippen molar-refractivity contribution in [2.24, 2.45) is 0 Å². The lowest BCUT2D eigenvalue weighted by Crippen LogP contribution is -2.14. The molecule has 0 radical (unpaired) electrons. The molecule has 1 aliphatic heterocycles. The number of phenols is 1. The monoisotopic (exact) mass is 277 g/mol. The number of hydrogen-bond donors (Lipinski definition) is 3. The number of carboxylic acid groups (broad SMARTS) is 2. The second kappa shape index (κ2) is 5.04. The van der Waals surface area contributed by atoms with Gasteiger partial charge in [-0.3, -0.25) is 14.4 Å². The zero-order valence-corrected chi connectivity index (χ0v) is 10.2. The first-order valence-electron chi connectivity index (χ1n) is 5.66. The molecule has 0 saturated carbocycles. The second-order valence-corrected chi connectivity index (χ2v) is 4.33. The predicted molar refractivity (Wildman–Crippen MR) is 68.0 cm³/mol. The Bertz CT molecular complexity index is 718.